The molecule has 2 nitrogen and oxygen atoms in total. The minimum atomic E-state index is -0.438. The lowest BCUT2D eigenvalue weighted by Crippen LogP contribution is -1.96. The molecular weight excluding hydrogens is 322 g/mol. The van der Waals surface area contributed by atoms with Crippen molar-refractivity contribution in [2.45, 2.75) is 0 Å². The molecule has 122 valence electrons. The Kier molecular flexibility index (Phi) is 3.65. The van der Waals surface area contributed by atoms with Crippen LogP contribution in [0.3, 0.4) is 0 Å². The summed E-state index contributed by atoms with van der Waals surface area (Å²) in [5, 5.41) is 0. The molecule has 0 spiro atoms. The summed E-state index contributed by atoms with van der Waals surface area (Å²) in [4.78, 5) is 12.2. The van der Waals surface area contributed by atoms with Crippen LogP contribution in [0.2, 0.25) is 0 Å². The maximum Gasteiger partial charge on any atom is 0.344 e. The van der Waals surface area contributed by atoms with E-state index in [0.29, 0.717) is 33.6 Å². The van der Waals surface area contributed by atoms with Crippen LogP contribution in [0.5, 0.6) is 0 Å². The molecule has 0 radical (unpaired) electrons. The van der Waals surface area contributed by atoms with Crippen molar-refractivity contribution >= 4 is 17.3 Å². The average Bonchev–Trinajstić information content (AvgIpc) is 2.96. The molecule has 3 aromatic carbocycles. The van der Waals surface area contributed by atoms with Crippen molar-refractivity contribution in [3.63, 3.8) is 0 Å². The molecule has 1 aliphatic rings. The number of cyclic esters (lactones) is 1. The van der Waals surface area contributed by atoms with E-state index in [2.05, 4.69) is 0 Å². The van der Waals surface area contributed by atoms with E-state index in [0.717, 1.165) is 0 Å². The van der Waals surface area contributed by atoms with Gasteiger partial charge in [-0.2, -0.15) is 0 Å². The molecule has 0 aliphatic carbocycles. The second kappa shape index (κ2) is 5.98. The van der Waals surface area contributed by atoms with Crippen LogP contribution in [-0.4, -0.2) is 5.97 Å². The summed E-state index contributed by atoms with van der Waals surface area (Å²) in [5.74, 6) is -0.779. The van der Waals surface area contributed by atoms with Crippen molar-refractivity contribution in [3.05, 3.63) is 107 Å². The lowest BCUT2D eigenvalue weighted by Gasteiger charge is -2.12. The van der Waals surface area contributed by atoms with Gasteiger partial charge in [-0.3, -0.25) is 0 Å². The van der Waals surface area contributed by atoms with Gasteiger partial charge in [-0.25, -0.2) is 13.6 Å². The van der Waals surface area contributed by atoms with Crippen LogP contribution in [0.1, 0.15) is 27.0 Å². The highest BCUT2D eigenvalue weighted by Crippen LogP contribution is 2.38. The molecule has 1 heterocycles. The first-order valence-corrected chi connectivity index (χ1v) is 7.71. The fraction of sp³-hybridized carbons (Fsp3) is 0. The van der Waals surface area contributed by atoms with Gasteiger partial charge in [0.25, 0.3) is 0 Å². The smallest absolute Gasteiger partial charge is 0.344 e. The average molecular weight is 334 g/mol. The van der Waals surface area contributed by atoms with Crippen molar-refractivity contribution < 1.29 is 18.3 Å². The third-order valence-corrected chi connectivity index (χ3v) is 4.08. The Morgan fingerprint density at radius 2 is 1.16 bits per heavy atom. The van der Waals surface area contributed by atoms with Gasteiger partial charge < -0.3 is 4.74 Å². The summed E-state index contributed by atoms with van der Waals surface area (Å²) in [7, 11) is 0. The Bertz CT molecular complexity index is 940. The van der Waals surface area contributed by atoms with E-state index in [9.17, 15) is 13.6 Å². The number of rotatable bonds is 2. The fourth-order valence-electron chi connectivity index (χ4n) is 2.91. The van der Waals surface area contributed by atoms with E-state index in [1.165, 1.54) is 24.3 Å². The van der Waals surface area contributed by atoms with Crippen LogP contribution in [0.4, 0.5) is 8.78 Å². The van der Waals surface area contributed by atoms with E-state index in [-0.39, 0.29) is 11.6 Å². The molecule has 4 rings (SSSR count). The van der Waals surface area contributed by atoms with Gasteiger partial charge in [-0.15, -0.1) is 0 Å². The number of carbonyl (C=O) groups excluding carboxylic acids is 1. The number of ether oxygens (including phenoxy) is 1. The zero-order valence-electron chi connectivity index (χ0n) is 13.0. The first-order chi connectivity index (χ1) is 12.1. The Balaban J connectivity index is 2.00. The third-order valence-electron chi connectivity index (χ3n) is 4.08. The van der Waals surface area contributed by atoms with Gasteiger partial charge in [0, 0.05) is 11.1 Å². The van der Waals surface area contributed by atoms with Crippen molar-refractivity contribution in [1.82, 2.24) is 0 Å². The number of carbonyl (C=O) groups is 1. The van der Waals surface area contributed by atoms with Crippen LogP contribution in [0, 0.1) is 11.6 Å². The molecule has 1 aliphatic heterocycles. The van der Waals surface area contributed by atoms with Crippen molar-refractivity contribution in [1.29, 1.82) is 0 Å². The van der Waals surface area contributed by atoms with E-state index >= 15 is 0 Å². The lowest BCUT2D eigenvalue weighted by molar-refractivity contribution is 0.0716. The van der Waals surface area contributed by atoms with Gasteiger partial charge in [0.2, 0.25) is 0 Å². The predicted octanol–water partition coefficient (Wildman–Crippen LogP) is 5.05. The summed E-state index contributed by atoms with van der Waals surface area (Å²) in [6.45, 7) is 0. The highest BCUT2D eigenvalue weighted by atomic mass is 19.1. The molecule has 4 heteroatoms. The standard InChI is InChI=1S/C21H12F2O2/c22-15-9-5-13(6-10-15)19(14-7-11-16(23)12-8-14)20-17-3-1-2-4-18(17)21(24)25-20/h1-12H. The molecule has 0 atom stereocenters. The molecule has 0 bridgehead atoms. The predicted molar refractivity (Wildman–Crippen MR) is 90.6 cm³/mol. The van der Waals surface area contributed by atoms with Crippen LogP contribution < -0.4 is 0 Å². The van der Waals surface area contributed by atoms with Gasteiger partial charge in [0.05, 0.1) is 5.56 Å². The highest BCUT2D eigenvalue weighted by molar-refractivity contribution is 6.10. The topological polar surface area (TPSA) is 26.3 Å². The highest BCUT2D eigenvalue weighted by Gasteiger charge is 2.29. The molecule has 0 saturated carbocycles. The van der Waals surface area contributed by atoms with Crippen molar-refractivity contribution in [2.75, 3.05) is 0 Å². The first kappa shape index (κ1) is 15.3. The molecule has 3 aromatic rings. The third kappa shape index (κ3) is 2.72. The van der Waals surface area contributed by atoms with Crippen LogP contribution in [-0.2, 0) is 4.74 Å². The SMILES string of the molecule is O=C1OC(=C(c2ccc(F)cc2)c2ccc(F)cc2)c2ccccc21. The Labute approximate surface area is 143 Å². The number of hydrogen-bond donors (Lipinski definition) is 0. The summed E-state index contributed by atoms with van der Waals surface area (Å²) >= 11 is 0. The zero-order chi connectivity index (χ0) is 17.4. The van der Waals surface area contributed by atoms with E-state index in [1.807, 2.05) is 6.07 Å². The second-order valence-corrected chi connectivity index (χ2v) is 5.65. The van der Waals surface area contributed by atoms with E-state index in [4.69, 9.17) is 4.74 Å². The van der Waals surface area contributed by atoms with Crippen LogP contribution in [0.15, 0.2) is 72.8 Å². The van der Waals surface area contributed by atoms with E-state index < -0.39 is 5.97 Å². The van der Waals surface area contributed by atoms with Crippen LogP contribution >= 0.6 is 0 Å². The molecule has 0 saturated heterocycles. The summed E-state index contributed by atoms with van der Waals surface area (Å²) < 4.78 is 32.2. The Morgan fingerprint density at radius 3 is 1.68 bits per heavy atom. The number of esters is 1. The fourth-order valence-corrected chi connectivity index (χ4v) is 2.91. The molecule has 25 heavy (non-hydrogen) atoms. The molecule has 0 N–H and O–H groups in total. The molecule has 0 unspecified atom stereocenters. The number of halogens is 2. The maximum absolute atomic E-state index is 13.3. The van der Waals surface area contributed by atoms with Gasteiger partial charge >= 0.3 is 5.97 Å². The molecular formula is C21H12F2O2. The lowest BCUT2D eigenvalue weighted by atomic mass is 9.93. The number of fused-ring (bicyclic) bond motifs is 1. The van der Waals surface area contributed by atoms with Gasteiger partial charge in [-0.1, -0.05) is 42.5 Å². The summed E-state index contributed by atoms with van der Waals surface area (Å²) in [6, 6.07) is 18.8. The largest absolute Gasteiger partial charge is 0.422 e. The minimum absolute atomic E-state index is 0.365. The second-order valence-electron chi connectivity index (χ2n) is 5.65. The molecule has 0 amide bonds. The summed E-state index contributed by atoms with van der Waals surface area (Å²) in [6.07, 6.45) is 0. The van der Waals surface area contributed by atoms with E-state index in [1.54, 1.807) is 42.5 Å². The van der Waals surface area contributed by atoms with Gasteiger partial charge in [-0.05, 0) is 41.5 Å². The Hall–Kier alpha value is -3.27. The molecule has 0 aromatic heterocycles. The van der Waals surface area contributed by atoms with Crippen LogP contribution in [0.25, 0.3) is 11.3 Å². The van der Waals surface area contributed by atoms with Crippen molar-refractivity contribution in [2.24, 2.45) is 0 Å². The molecule has 0 fully saturated rings. The monoisotopic (exact) mass is 334 g/mol. The normalized spacial score (nSPS) is 12.7. The zero-order valence-corrected chi connectivity index (χ0v) is 13.0. The number of hydrogen-bond acceptors (Lipinski definition) is 2. The summed E-state index contributed by atoms with van der Waals surface area (Å²) in [5.41, 5.74) is 3.09. The number of benzene rings is 3. The van der Waals surface area contributed by atoms with Crippen molar-refractivity contribution in [3.8, 4) is 0 Å². The quantitative estimate of drug-likeness (QED) is 0.613. The first-order valence-electron chi connectivity index (χ1n) is 7.71. The van der Waals surface area contributed by atoms with Gasteiger partial charge in [0.1, 0.15) is 17.4 Å². The minimum Gasteiger partial charge on any atom is -0.422 e. The Morgan fingerprint density at radius 1 is 0.680 bits per heavy atom. The van der Waals surface area contributed by atoms with Gasteiger partial charge in [0.15, 0.2) is 0 Å². The maximum atomic E-state index is 13.3.